The molecule has 0 spiro atoms. The number of nitrogens with one attached hydrogen (secondary N) is 1. The number of oxazole rings is 1. The molecule has 1 N–H and O–H groups in total. The lowest BCUT2D eigenvalue weighted by molar-refractivity contribution is 0.355. The standard InChI is InChI=1S/C14H15N3O3S/c1-8-6-15-13(20-8)7-17-10-5-12(19-3)11(18-2)4-9(10)16-14(17)21/h4-6H,7H2,1-3H3,(H,16,21). The zero-order valence-corrected chi connectivity index (χ0v) is 12.8. The fourth-order valence-electron chi connectivity index (χ4n) is 2.25. The number of imidazole rings is 1. The molecule has 0 aliphatic rings. The maximum atomic E-state index is 5.51. The lowest BCUT2D eigenvalue weighted by Gasteiger charge is -2.08. The normalized spacial score (nSPS) is 11.0. The third kappa shape index (κ3) is 2.40. The predicted octanol–water partition coefficient (Wildman–Crippen LogP) is 3.06. The second-order valence-corrected chi connectivity index (χ2v) is 4.99. The minimum absolute atomic E-state index is 0.460. The van der Waals surface area contributed by atoms with Crippen molar-refractivity contribution in [3.63, 3.8) is 0 Å². The van der Waals surface area contributed by atoms with E-state index in [0.29, 0.717) is 28.7 Å². The Morgan fingerprint density at radius 3 is 2.62 bits per heavy atom. The molecule has 0 atom stereocenters. The summed E-state index contributed by atoms with van der Waals surface area (Å²) in [7, 11) is 3.21. The topological polar surface area (TPSA) is 65.2 Å². The van der Waals surface area contributed by atoms with Crippen LogP contribution in [0.5, 0.6) is 11.5 Å². The van der Waals surface area contributed by atoms with Crippen LogP contribution in [0.25, 0.3) is 11.0 Å². The number of benzene rings is 1. The Balaban J connectivity index is 2.13. The van der Waals surface area contributed by atoms with Gasteiger partial charge in [0.25, 0.3) is 0 Å². The molecular formula is C14H15N3O3S. The molecule has 0 saturated heterocycles. The molecule has 2 aromatic heterocycles. The first-order chi connectivity index (χ1) is 10.1. The summed E-state index contributed by atoms with van der Waals surface area (Å²) < 4.78 is 18.7. The number of rotatable bonds is 4. The Morgan fingerprint density at radius 1 is 1.29 bits per heavy atom. The van der Waals surface area contributed by atoms with E-state index in [0.717, 1.165) is 16.8 Å². The number of ether oxygens (including phenoxy) is 2. The molecule has 6 nitrogen and oxygen atoms in total. The number of aromatic nitrogens is 3. The Bertz CT molecular complexity index is 847. The molecule has 0 saturated carbocycles. The molecule has 3 aromatic rings. The quantitative estimate of drug-likeness (QED) is 0.750. The molecule has 0 bridgehead atoms. The molecule has 7 heteroatoms. The van der Waals surface area contributed by atoms with Crippen molar-refractivity contribution in [3.8, 4) is 11.5 Å². The van der Waals surface area contributed by atoms with Gasteiger partial charge in [0, 0.05) is 12.1 Å². The average molecular weight is 305 g/mol. The van der Waals surface area contributed by atoms with E-state index in [1.165, 1.54) is 0 Å². The highest BCUT2D eigenvalue weighted by molar-refractivity contribution is 7.71. The Kier molecular flexibility index (Phi) is 3.42. The van der Waals surface area contributed by atoms with Gasteiger partial charge < -0.3 is 23.4 Å². The van der Waals surface area contributed by atoms with Gasteiger partial charge in [0.05, 0.1) is 31.4 Å². The van der Waals surface area contributed by atoms with E-state index in [1.54, 1.807) is 20.4 Å². The predicted molar refractivity (Wildman–Crippen MR) is 80.6 cm³/mol. The number of fused-ring (bicyclic) bond motifs is 1. The minimum Gasteiger partial charge on any atom is -0.493 e. The third-order valence-corrected chi connectivity index (χ3v) is 3.56. The third-order valence-electron chi connectivity index (χ3n) is 3.24. The summed E-state index contributed by atoms with van der Waals surface area (Å²) in [6, 6.07) is 3.75. The van der Waals surface area contributed by atoms with Crippen molar-refractivity contribution in [1.29, 1.82) is 0 Å². The average Bonchev–Trinajstić information content (AvgIpc) is 3.02. The SMILES string of the molecule is COc1cc2[nH]c(=S)n(Cc3ncc(C)o3)c2cc1OC. The Labute approximate surface area is 126 Å². The van der Waals surface area contributed by atoms with Gasteiger partial charge in [0.2, 0.25) is 5.89 Å². The number of H-pyrrole nitrogens is 1. The second kappa shape index (κ2) is 5.25. The minimum atomic E-state index is 0.460. The van der Waals surface area contributed by atoms with E-state index in [4.69, 9.17) is 26.1 Å². The number of aromatic amines is 1. The molecule has 0 amide bonds. The van der Waals surface area contributed by atoms with Gasteiger partial charge in [-0.05, 0) is 19.1 Å². The lowest BCUT2D eigenvalue weighted by atomic mass is 10.2. The van der Waals surface area contributed by atoms with Crippen molar-refractivity contribution in [2.24, 2.45) is 0 Å². The van der Waals surface area contributed by atoms with Crippen molar-refractivity contribution in [2.75, 3.05) is 14.2 Å². The summed E-state index contributed by atoms with van der Waals surface area (Å²) >= 11 is 5.37. The fourth-order valence-corrected chi connectivity index (χ4v) is 2.52. The number of aryl methyl sites for hydroxylation is 1. The van der Waals surface area contributed by atoms with E-state index >= 15 is 0 Å². The maximum Gasteiger partial charge on any atom is 0.214 e. The van der Waals surface area contributed by atoms with Crippen molar-refractivity contribution in [1.82, 2.24) is 14.5 Å². The summed E-state index contributed by atoms with van der Waals surface area (Å²) in [5.41, 5.74) is 1.79. The first kappa shape index (κ1) is 13.7. The summed E-state index contributed by atoms with van der Waals surface area (Å²) in [6.07, 6.45) is 1.69. The van der Waals surface area contributed by atoms with Gasteiger partial charge in [0.15, 0.2) is 16.3 Å². The van der Waals surface area contributed by atoms with Crippen LogP contribution in [0, 0.1) is 11.7 Å². The molecule has 0 aliphatic carbocycles. The first-order valence-electron chi connectivity index (χ1n) is 6.38. The van der Waals surface area contributed by atoms with Gasteiger partial charge in [-0.2, -0.15) is 0 Å². The summed E-state index contributed by atoms with van der Waals surface area (Å²) in [5, 5.41) is 0. The number of hydrogen-bond donors (Lipinski definition) is 1. The van der Waals surface area contributed by atoms with E-state index in [-0.39, 0.29) is 0 Å². The summed E-state index contributed by atoms with van der Waals surface area (Å²) in [4.78, 5) is 7.36. The van der Waals surface area contributed by atoms with E-state index in [2.05, 4.69) is 9.97 Å². The smallest absolute Gasteiger partial charge is 0.214 e. The highest BCUT2D eigenvalue weighted by atomic mass is 32.1. The Morgan fingerprint density at radius 2 is 2.00 bits per heavy atom. The molecule has 0 unspecified atom stereocenters. The maximum absolute atomic E-state index is 5.51. The van der Waals surface area contributed by atoms with Crippen LogP contribution in [0.2, 0.25) is 0 Å². The van der Waals surface area contributed by atoms with Gasteiger partial charge in [-0.15, -0.1) is 0 Å². The monoisotopic (exact) mass is 305 g/mol. The van der Waals surface area contributed by atoms with Crippen molar-refractivity contribution < 1.29 is 13.9 Å². The second-order valence-electron chi connectivity index (χ2n) is 4.61. The van der Waals surface area contributed by atoms with E-state index < -0.39 is 0 Å². The molecular weight excluding hydrogens is 290 g/mol. The fraction of sp³-hybridized carbons (Fsp3) is 0.286. The highest BCUT2D eigenvalue weighted by Crippen LogP contribution is 2.32. The zero-order chi connectivity index (χ0) is 15.0. The zero-order valence-electron chi connectivity index (χ0n) is 12.0. The van der Waals surface area contributed by atoms with Gasteiger partial charge in [0.1, 0.15) is 12.3 Å². The largest absolute Gasteiger partial charge is 0.493 e. The molecule has 0 fully saturated rings. The van der Waals surface area contributed by atoms with Crippen molar-refractivity contribution in [2.45, 2.75) is 13.5 Å². The molecule has 1 aromatic carbocycles. The summed E-state index contributed by atoms with van der Waals surface area (Å²) in [6.45, 7) is 2.32. The van der Waals surface area contributed by atoms with Crippen molar-refractivity contribution in [3.05, 3.63) is 34.8 Å². The highest BCUT2D eigenvalue weighted by Gasteiger charge is 2.13. The van der Waals surface area contributed by atoms with Crippen LogP contribution in [0.4, 0.5) is 0 Å². The van der Waals surface area contributed by atoms with Crippen LogP contribution in [-0.4, -0.2) is 28.8 Å². The summed E-state index contributed by atoms with van der Waals surface area (Å²) in [5.74, 6) is 2.69. The molecule has 110 valence electrons. The van der Waals surface area contributed by atoms with Gasteiger partial charge >= 0.3 is 0 Å². The molecule has 3 rings (SSSR count). The molecule has 0 radical (unpaired) electrons. The molecule has 21 heavy (non-hydrogen) atoms. The van der Waals surface area contributed by atoms with Crippen LogP contribution in [0.1, 0.15) is 11.7 Å². The first-order valence-corrected chi connectivity index (χ1v) is 6.79. The number of nitrogens with zero attached hydrogens (tertiary/aromatic N) is 2. The van der Waals surface area contributed by atoms with Gasteiger partial charge in [-0.3, -0.25) is 0 Å². The van der Waals surface area contributed by atoms with E-state index in [9.17, 15) is 0 Å². The van der Waals surface area contributed by atoms with Crippen LogP contribution in [-0.2, 0) is 6.54 Å². The lowest BCUT2D eigenvalue weighted by Crippen LogP contribution is -2.00. The van der Waals surface area contributed by atoms with E-state index in [1.807, 2.05) is 23.6 Å². The van der Waals surface area contributed by atoms with Crippen LogP contribution in [0.15, 0.2) is 22.7 Å². The van der Waals surface area contributed by atoms with Crippen LogP contribution >= 0.6 is 12.2 Å². The van der Waals surface area contributed by atoms with Crippen LogP contribution < -0.4 is 9.47 Å². The van der Waals surface area contributed by atoms with Crippen molar-refractivity contribution >= 4 is 23.3 Å². The number of hydrogen-bond acceptors (Lipinski definition) is 5. The van der Waals surface area contributed by atoms with Gasteiger partial charge in [-0.1, -0.05) is 0 Å². The number of methoxy groups -OCH3 is 2. The van der Waals surface area contributed by atoms with Crippen LogP contribution in [0.3, 0.4) is 0 Å². The van der Waals surface area contributed by atoms with Gasteiger partial charge in [-0.25, -0.2) is 4.98 Å². The molecule has 2 heterocycles. The Hall–Kier alpha value is -2.28. The molecule has 0 aliphatic heterocycles.